The van der Waals surface area contributed by atoms with Gasteiger partial charge in [0.1, 0.15) is 0 Å². The molecule has 22 heavy (non-hydrogen) atoms. The van der Waals surface area contributed by atoms with Crippen LogP contribution >= 0.6 is 0 Å². The van der Waals surface area contributed by atoms with E-state index in [4.69, 9.17) is 5.11 Å². The van der Waals surface area contributed by atoms with Crippen molar-refractivity contribution in [3.63, 3.8) is 0 Å². The molecular formula is C20H38O2. The molecule has 0 bridgehead atoms. The minimum atomic E-state index is -0.664. The molecule has 0 saturated heterocycles. The van der Waals surface area contributed by atoms with E-state index in [0.717, 1.165) is 18.8 Å². The van der Waals surface area contributed by atoms with Crippen molar-refractivity contribution in [1.82, 2.24) is 0 Å². The van der Waals surface area contributed by atoms with E-state index in [1.807, 2.05) is 0 Å². The number of carboxylic acid groups (broad SMARTS) is 1. The van der Waals surface area contributed by atoms with E-state index in [1.165, 1.54) is 70.6 Å². The van der Waals surface area contributed by atoms with Crippen molar-refractivity contribution in [3.05, 3.63) is 12.2 Å². The van der Waals surface area contributed by atoms with E-state index in [1.54, 1.807) is 0 Å². The molecule has 2 nitrogen and oxygen atoms in total. The van der Waals surface area contributed by atoms with Crippen LogP contribution in [0.4, 0.5) is 0 Å². The summed E-state index contributed by atoms with van der Waals surface area (Å²) >= 11 is 0. The lowest BCUT2D eigenvalue weighted by molar-refractivity contribution is -0.137. The zero-order valence-electron chi connectivity index (χ0n) is 15.0. The van der Waals surface area contributed by atoms with Crippen molar-refractivity contribution in [2.75, 3.05) is 0 Å². The summed E-state index contributed by atoms with van der Waals surface area (Å²) in [5, 5.41) is 8.53. The van der Waals surface area contributed by atoms with Crippen molar-refractivity contribution in [2.45, 2.75) is 104 Å². The molecule has 0 heterocycles. The van der Waals surface area contributed by atoms with E-state index in [9.17, 15) is 4.79 Å². The third-order valence-electron chi connectivity index (χ3n) is 4.44. The van der Waals surface area contributed by atoms with E-state index in [0.29, 0.717) is 6.42 Å². The predicted octanol–water partition coefficient (Wildman–Crippen LogP) is 6.74. The van der Waals surface area contributed by atoms with Crippen LogP contribution in [-0.2, 0) is 4.79 Å². The van der Waals surface area contributed by atoms with Crippen molar-refractivity contribution in [3.8, 4) is 0 Å². The second-order valence-electron chi connectivity index (χ2n) is 6.68. The molecule has 0 spiro atoms. The molecule has 0 aliphatic rings. The van der Waals surface area contributed by atoms with Gasteiger partial charge in [-0.15, -0.1) is 0 Å². The first-order valence-electron chi connectivity index (χ1n) is 9.53. The Hall–Kier alpha value is -0.790. The first-order valence-corrected chi connectivity index (χ1v) is 9.53. The molecule has 0 aromatic carbocycles. The average Bonchev–Trinajstić information content (AvgIpc) is 2.50. The van der Waals surface area contributed by atoms with Crippen LogP contribution in [0.2, 0.25) is 0 Å². The quantitative estimate of drug-likeness (QED) is 0.253. The summed E-state index contributed by atoms with van der Waals surface area (Å²) in [6, 6.07) is 0. The van der Waals surface area contributed by atoms with E-state index < -0.39 is 5.97 Å². The van der Waals surface area contributed by atoms with Crippen LogP contribution in [-0.4, -0.2) is 11.1 Å². The molecule has 1 N–H and O–H groups in total. The summed E-state index contributed by atoms with van der Waals surface area (Å²) in [6.07, 6.45) is 21.2. The second kappa shape index (κ2) is 16.6. The van der Waals surface area contributed by atoms with Gasteiger partial charge in [-0.25, -0.2) is 0 Å². The van der Waals surface area contributed by atoms with Crippen LogP contribution in [0, 0.1) is 5.92 Å². The zero-order valence-corrected chi connectivity index (χ0v) is 15.0. The molecule has 0 fully saturated rings. The monoisotopic (exact) mass is 310 g/mol. The first kappa shape index (κ1) is 21.2. The van der Waals surface area contributed by atoms with Crippen molar-refractivity contribution >= 4 is 5.97 Å². The van der Waals surface area contributed by atoms with Gasteiger partial charge < -0.3 is 5.11 Å². The summed E-state index contributed by atoms with van der Waals surface area (Å²) in [5.74, 6) is 0.242. The highest BCUT2D eigenvalue weighted by atomic mass is 16.4. The highest BCUT2D eigenvalue weighted by Crippen LogP contribution is 2.14. The van der Waals surface area contributed by atoms with Crippen LogP contribution in [0.25, 0.3) is 0 Å². The zero-order chi connectivity index (χ0) is 16.5. The first-order chi connectivity index (χ1) is 10.7. The van der Waals surface area contributed by atoms with Gasteiger partial charge in [0.2, 0.25) is 0 Å². The number of carbonyl (C=O) groups is 1. The SMILES string of the molecule is CCC(C)CCCCCCC=CCCCCCCCC(=O)O. The van der Waals surface area contributed by atoms with Crippen LogP contribution < -0.4 is 0 Å². The van der Waals surface area contributed by atoms with Crippen molar-refractivity contribution in [2.24, 2.45) is 5.92 Å². The van der Waals surface area contributed by atoms with Crippen LogP contribution in [0.3, 0.4) is 0 Å². The Balaban J connectivity index is 3.13. The molecule has 0 rings (SSSR count). The second-order valence-corrected chi connectivity index (χ2v) is 6.68. The topological polar surface area (TPSA) is 37.3 Å². The smallest absolute Gasteiger partial charge is 0.303 e. The highest BCUT2D eigenvalue weighted by molar-refractivity contribution is 5.66. The number of unbranched alkanes of at least 4 members (excludes halogenated alkanes) is 9. The third-order valence-corrected chi connectivity index (χ3v) is 4.44. The van der Waals surface area contributed by atoms with Gasteiger partial charge in [-0.3, -0.25) is 4.79 Å². The summed E-state index contributed by atoms with van der Waals surface area (Å²) in [4.78, 5) is 10.4. The third kappa shape index (κ3) is 17.3. The molecule has 0 aromatic rings. The molecule has 0 radical (unpaired) electrons. The fourth-order valence-corrected chi connectivity index (χ4v) is 2.62. The van der Waals surface area contributed by atoms with Gasteiger partial charge in [0, 0.05) is 6.42 Å². The number of hydrogen-bond donors (Lipinski definition) is 1. The van der Waals surface area contributed by atoms with E-state index in [-0.39, 0.29) is 0 Å². The predicted molar refractivity (Wildman–Crippen MR) is 96.3 cm³/mol. The summed E-state index contributed by atoms with van der Waals surface area (Å²) in [7, 11) is 0. The standard InChI is InChI=1S/C20H38O2/c1-3-19(2)17-15-13-11-9-7-5-4-6-8-10-12-14-16-18-20(21)22/h4-5,19H,3,6-18H2,1-2H3,(H,21,22). The van der Waals surface area contributed by atoms with E-state index >= 15 is 0 Å². The van der Waals surface area contributed by atoms with Crippen LogP contribution in [0.5, 0.6) is 0 Å². The Morgan fingerprint density at radius 1 is 0.864 bits per heavy atom. The molecule has 0 aliphatic heterocycles. The Kier molecular flexibility index (Phi) is 16.0. The van der Waals surface area contributed by atoms with Gasteiger partial charge in [-0.2, -0.15) is 0 Å². The fourth-order valence-electron chi connectivity index (χ4n) is 2.62. The van der Waals surface area contributed by atoms with Gasteiger partial charge in [-0.05, 0) is 38.0 Å². The molecule has 1 unspecified atom stereocenters. The van der Waals surface area contributed by atoms with E-state index in [2.05, 4.69) is 26.0 Å². The molecule has 1 atom stereocenters. The summed E-state index contributed by atoms with van der Waals surface area (Å²) < 4.78 is 0. The summed E-state index contributed by atoms with van der Waals surface area (Å²) in [5.41, 5.74) is 0. The largest absolute Gasteiger partial charge is 0.481 e. The Bertz CT molecular complexity index is 271. The molecule has 0 amide bonds. The molecule has 0 aliphatic carbocycles. The molecular weight excluding hydrogens is 272 g/mol. The van der Waals surface area contributed by atoms with Gasteiger partial charge in [0.15, 0.2) is 0 Å². The van der Waals surface area contributed by atoms with Gasteiger partial charge >= 0.3 is 5.97 Å². The summed E-state index contributed by atoms with van der Waals surface area (Å²) in [6.45, 7) is 4.64. The Morgan fingerprint density at radius 3 is 1.91 bits per heavy atom. The maximum Gasteiger partial charge on any atom is 0.303 e. The fraction of sp³-hybridized carbons (Fsp3) is 0.850. The van der Waals surface area contributed by atoms with Crippen molar-refractivity contribution < 1.29 is 9.90 Å². The number of rotatable bonds is 16. The molecule has 130 valence electrons. The Labute approximate surface area is 138 Å². The maximum atomic E-state index is 10.4. The molecule has 0 saturated carbocycles. The lowest BCUT2D eigenvalue weighted by Crippen LogP contribution is -1.93. The molecule has 2 heteroatoms. The number of allylic oxidation sites excluding steroid dienone is 2. The van der Waals surface area contributed by atoms with Crippen LogP contribution in [0.15, 0.2) is 12.2 Å². The van der Waals surface area contributed by atoms with Crippen LogP contribution in [0.1, 0.15) is 104 Å². The number of carboxylic acids is 1. The average molecular weight is 311 g/mol. The lowest BCUT2D eigenvalue weighted by Gasteiger charge is -2.06. The maximum absolute atomic E-state index is 10.4. The highest BCUT2D eigenvalue weighted by Gasteiger charge is 1.98. The molecule has 0 aromatic heterocycles. The minimum Gasteiger partial charge on any atom is -0.481 e. The number of hydrogen-bond acceptors (Lipinski definition) is 1. The number of aliphatic carboxylic acids is 1. The van der Waals surface area contributed by atoms with Gasteiger partial charge in [0.05, 0.1) is 0 Å². The lowest BCUT2D eigenvalue weighted by atomic mass is 10.00. The normalized spacial score (nSPS) is 12.8. The minimum absolute atomic E-state index is 0.331. The van der Waals surface area contributed by atoms with Gasteiger partial charge in [0.25, 0.3) is 0 Å². The van der Waals surface area contributed by atoms with Gasteiger partial charge in [-0.1, -0.05) is 77.4 Å². The van der Waals surface area contributed by atoms with Crippen molar-refractivity contribution in [1.29, 1.82) is 0 Å². The Morgan fingerprint density at radius 2 is 1.36 bits per heavy atom.